The van der Waals surface area contributed by atoms with E-state index >= 15 is 0 Å². The van der Waals surface area contributed by atoms with Gasteiger partial charge >= 0.3 is 0 Å². The largest absolute Gasteiger partial charge is 0.348 e. The summed E-state index contributed by atoms with van der Waals surface area (Å²) in [6.07, 6.45) is 2.86. The van der Waals surface area contributed by atoms with Crippen molar-refractivity contribution in [2.45, 2.75) is 6.92 Å². The molecule has 0 aliphatic rings. The van der Waals surface area contributed by atoms with Crippen molar-refractivity contribution < 1.29 is 4.79 Å². The van der Waals surface area contributed by atoms with Gasteiger partial charge in [-0.05, 0) is 6.92 Å². The second-order valence-electron chi connectivity index (χ2n) is 3.47. The van der Waals surface area contributed by atoms with Crippen molar-refractivity contribution in [1.29, 1.82) is 0 Å². The summed E-state index contributed by atoms with van der Waals surface area (Å²) in [4.78, 5) is 28.4. The van der Waals surface area contributed by atoms with Gasteiger partial charge in [-0.15, -0.1) is 17.9 Å². The Morgan fingerprint density at radius 2 is 2.47 bits per heavy atom. The Kier molecular flexibility index (Phi) is 3.06. The fourth-order valence-electron chi connectivity index (χ4n) is 1.44. The number of fused-ring (bicyclic) bond motifs is 1. The van der Waals surface area contributed by atoms with Gasteiger partial charge in [0.05, 0.1) is 0 Å². The molecule has 0 saturated heterocycles. The summed E-state index contributed by atoms with van der Waals surface area (Å²) in [6, 6.07) is 0. The van der Waals surface area contributed by atoms with Gasteiger partial charge in [-0.2, -0.15) is 0 Å². The van der Waals surface area contributed by atoms with Crippen LogP contribution in [0.3, 0.4) is 0 Å². The van der Waals surface area contributed by atoms with Gasteiger partial charge in [0.25, 0.3) is 11.5 Å². The minimum Gasteiger partial charge on any atom is -0.348 e. The maximum Gasteiger partial charge on any atom is 0.271 e. The van der Waals surface area contributed by atoms with Crippen LogP contribution in [0.1, 0.15) is 16.1 Å². The van der Waals surface area contributed by atoms with Crippen molar-refractivity contribution in [1.82, 2.24) is 14.7 Å². The highest BCUT2D eigenvalue weighted by molar-refractivity contribution is 7.15. The maximum atomic E-state index is 12.1. The van der Waals surface area contributed by atoms with Crippen LogP contribution in [-0.2, 0) is 0 Å². The lowest BCUT2D eigenvalue weighted by molar-refractivity contribution is 0.0956. The molecule has 0 radical (unpaired) electrons. The number of hydrogen-bond acceptors (Lipinski definition) is 4. The Morgan fingerprint density at radius 1 is 1.71 bits per heavy atom. The lowest BCUT2D eigenvalue weighted by Crippen LogP contribution is -2.31. The fourth-order valence-corrected chi connectivity index (χ4v) is 2.27. The molecule has 0 spiro atoms. The Bertz CT molecular complexity index is 642. The van der Waals surface area contributed by atoms with Gasteiger partial charge in [0, 0.05) is 23.8 Å². The molecule has 5 nitrogen and oxygen atoms in total. The van der Waals surface area contributed by atoms with Crippen molar-refractivity contribution in [3.05, 3.63) is 45.8 Å². The monoisotopic (exact) mass is 249 g/mol. The fraction of sp³-hybridized carbons (Fsp3) is 0.182. The van der Waals surface area contributed by atoms with Gasteiger partial charge in [-0.1, -0.05) is 6.08 Å². The third-order valence-electron chi connectivity index (χ3n) is 2.27. The number of aromatic nitrogens is 2. The smallest absolute Gasteiger partial charge is 0.271 e. The minimum absolute atomic E-state index is 0.0471. The van der Waals surface area contributed by atoms with Crippen LogP contribution in [-0.4, -0.2) is 21.8 Å². The summed E-state index contributed by atoms with van der Waals surface area (Å²) >= 11 is 1.37. The molecule has 2 heterocycles. The Balaban J connectivity index is 2.52. The van der Waals surface area contributed by atoms with Crippen LogP contribution in [0.2, 0.25) is 0 Å². The predicted molar refractivity (Wildman–Crippen MR) is 66.6 cm³/mol. The molecule has 0 aliphatic heterocycles. The van der Waals surface area contributed by atoms with Crippen LogP contribution in [0.5, 0.6) is 0 Å². The second-order valence-corrected chi connectivity index (χ2v) is 4.31. The number of nitrogens with zero attached hydrogens (tertiary/aromatic N) is 2. The molecule has 0 saturated carbocycles. The summed E-state index contributed by atoms with van der Waals surface area (Å²) < 4.78 is 1.44. The van der Waals surface area contributed by atoms with Crippen LogP contribution in [0.25, 0.3) is 4.96 Å². The van der Waals surface area contributed by atoms with Crippen molar-refractivity contribution in [3.63, 3.8) is 0 Å². The molecule has 0 aromatic carbocycles. The number of carbonyl (C=O) groups is 1. The minimum atomic E-state index is -0.428. The number of thiazole rings is 1. The maximum absolute atomic E-state index is 12.1. The highest BCUT2D eigenvalue weighted by Crippen LogP contribution is 2.10. The van der Waals surface area contributed by atoms with E-state index in [9.17, 15) is 9.59 Å². The van der Waals surface area contributed by atoms with Crippen molar-refractivity contribution in [2.75, 3.05) is 6.54 Å². The molecule has 1 N–H and O–H groups in total. The molecule has 2 aromatic heterocycles. The zero-order valence-corrected chi connectivity index (χ0v) is 10.1. The average molecular weight is 249 g/mol. The lowest BCUT2D eigenvalue weighted by atomic mass is 10.3. The standard InChI is InChI=1S/C11H11N3O2S/c1-3-4-12-9(15)8-5-13-11-14(10(8)16)7(2)6-17-11/h3,5-6H,1,4H2,2H3,(H,12,15). The van der Waals surface area contributed by atoms with E-state index in [1.807, 2.05) is 5.38 Å². The van der Waals surface area contributed by atoms with Gasteiger partial charge in [-0.3, -0.25) is 14.0 Å². The average Bonchev–Trinajstić information content (AvgIpc) is 2.69. The van der Waals surface area contributed by atoms with Gasteiger partial charge in [-0.25, -0.2) is 4.98 Å². The first kappa shape index (κ1) is 11.5. The third kappa shape index (κ3) is 1.99. The molecule has 0 fully saturated rings. The van der Waals surface area contributed by atoms with E-state index in [0.29, 0.717) is 11.5 Å². The van der Waals surface area contributed by atoms with E-state index in [4.69, 9.17) is 0 Å². The molecule has 0 bridgehead atoms. The summed E-state index contributed by atoms with van der Waals surface area (Å²) in [5.41, 5.74) is 0.488. The quantitative estimate of drug-likeness (QED) is 0.825. The summed E-state index contributed by atoms with van der Waals surface area (Å²) in [6.45, 7) is 5.62. The zero-order chi connectivity index (χ0) is 12.4. The van der Waals surface area contributed by atoms with E-state index in [2.05, 4.69) is 16.9 Å². The highest BCUT2D eigenvalue weighted by atomic mass is 32.1. The molecule has 2 rings (SSSR count). The van der Waals surface area contributed by atoms with E-state index in [1.165, 1.54) is 21.9 Å². The van der Waals surface area contributed by atoms with Crippen molar-refractivity contribution >= 4 is 22.2 Å². The summed E-state index contributed by atoms with van der Waals surface area (Å²) in [5, 5.41) is 4.39. The van der Waals surface area contributed by atoms with Gasteiger partial charge in [0.15, 0.2) is 4.96 Å². The van der Waals surface area contributed by atoms with Crippen molar-refractivity contribution in [3.8, 4) is 0 Å². The van der Waals surface area contributed by atoms with Crippen LogP contribution < -0.4 is 10.9 Å². The van der Waals surface area contributed by atoms with Crippen molar-refractivity contribution in [2.24, 2.45) is 0 Å². The molecule has 0 unspecified atom stereocenters. The summed E-state index contributed by atoms with van der Waals surface area (Å²) in [5.74, 6) is -0.428. The first-order valence-corrected chi connectivity index (χ1v) is 5.88. The molecule has 0 aliphatic carbocycles. The molecule has 0 atom stereocenters. The molecular formula is C11H11N3O2S. The van der Waals surface area contributed by atoms with Gasteiger partial charge in [0.2, 0.25) is 0 Å². The third-order valence-corrected chi connectivity index (χ3v) is 3.23. The van der Waals surface area contributed by atoms with E-state index in [0.717, 1.165) is 5.69 Å². The number of carbonyl (C=O) groups excluding carboxylic acids is 1. The normalized spacial score (nSPS) is 10.4. The van der Waals surface area contributed by atoms with Crippen LogP contribution in [0.4, 0.5) is 0 Å². The first-order valence-electron chi connectivity index (χ1n) is 5.00. The molecular weight excluding hydrogens is 238 g/mol. The number of rotatable bonds is 3. The Hall–Kier alpha value is -1.95. The van der Waals surface area contributed by atoms with E-state index in [-0.39, 0.29) is 11.1 Å². The predicted octanol–water partition coefficient (Wildman–Crippen LogP) is 0.980. The number of hydrogen-bond donors (Lipinski definition) is 1. The number of amides is 1. The van der Waals surface area contributed by atoms with Crippen LogP contribution in [0.15, 0.2) is 29.0 Å². The van der Waals surface area contributed by atoms with Crippen LogP contribution in [0, 0.1) is 6.92 Å². The molecule has 1 amide bonds. The first-order chi connectivity index (χ1) is 8.15. The second kappa shape index (κ2) is 4.50. The highest BCUT2D eigenvalue weighted by Gasteiger charge is 2.14. The lowest BCUT2D eigenvalue weighted by Gasteiger charge is -2.02. The molecule has 17 heavy (non-hydrogen) atoms. The molecule has 6 heteroatoms. The Labute approximate surface area is 101 Å². The number of nitrogens with one attached hydrogen (secondary N) is 1. The SMILES string of the molecule is C=CCNC(=O)c1cnc2scc(C)n2c1=O. The number of aryl methyl sites for hydroxylation is 1. The topological polar surface area (TPSA) is 63.5 Å². The van der Waals surface area contributed by atoms with E-state index in [1.54, 1.807) is 13.0 Å². The van der Waals surface area contributed by atoms with Gasteiger partial charge in [0.1, 0.15) is 5.56 Å². The van der Waals surface area contributed by atoms with Crippen LogP contribution >= 0.6 is 11.3 Å². The molecule has 2 aromatic rings. The Morgan fingerprint density at radius 3 is 3.18 bits per heavy atom. The van der Waals surface area contributed by atoms with E-state index < -0.39 is 5.91 Å². The van der Waals surface area contributed by atoms with Gasteiger partial charge < -0.3 is 5.32 Å². The zero-order valence-electron chi connectivity index (χ0n) is 9.27. The summed E-state index contributed by atoms with van der Waals surface area (Å²) in [7, 11) is 0. The molecule has 88 valence electrons.